The molecule has 104 valence electrons. The molecule has 0 saturated carbocycles. The van der Waals surface area contributed by atoms with Crippen molar-refractivity contribution in [2.24, 2.45) is 0 Å². The number of hydrogen-bond donors (Lipinski definition) is 0. The van der Waals surface area contributed by atoms with Crippen LogP contribution in [-0.4, -0.2) is 32.9 Å². The summed E-state index contributed by atoms with van der Waals surface area (Å²) < 4.78 is 15.6. The maximum absolute atomic E-state index is 12.1. The molecule has 0 heterocycles. The van der Waals surface area contributed by atoms with Crippen molar-refractivity contribution in [3.63, 3.8) is 0 Å². The van der Waals surface area contributed by atoms with Crippen LogP contribution in [0.3, 0.4) is 0 Å². The van der Waals surface area contributed by atoms with Gasteiger partial charge < -0.3 is 19.0 Å². The van der Waals surface area contributed by atoms with E-state index in [9.17, 15) is 9.59 Å². The van der Waals surface area contributed by atoms with E-state index in [4.69, 9.17) is 14.2 Å². The monoisotopic (exact) mass is 266 g/mol. The first-order valence-electron chi connectivity index (χ1n) is 5.86. The van der Waals surface area contributed by atoms with Gasteiger partial charge in [0, 0.05) is 12.8 Å². The summed E-state index contributed by atoms with van der Waals surface area (Å²) in [5.74, 6) is 1.01. The topological polar surface area (TPSA) is 61.8 Å². The van der Waals surface area contributed by atoms with Crippen LogP contribution in [-0.2, 0) is 4.79 Å². The molecule has 5 nitrogen and oxygen atoms in total. The van der Waals surface area contributed by atoms with Crippen LogP contribution in [0.4, 0.5) is 0 Å². The molecule has 0 aromatic heterocycles. The number of hydrogen-bond acceptors (Lipinski definition) is 5. The van der Waals surface area contributed by atoms with Crippen molar-refractivity contribution in [2.45, 2.75) is 19.8 Å². The lowest BCUT2D eigenvalue weighted by molar-refractivity contribution is -0.116. The van der Waals surface area contributed by atoms with Crippen molar-refractivity contribution in [2.75, 3.05) is 21.3 Å². The fraction of sp³-hybridized carbons (Fsp3) is 0.429. The number of methoxy groups -OCH3 is 3. The van der Waals surface area contributed by atoms with Crippen molar-refractivity contribution in [3.05, 3.63) is 17.7 Å². The molecule has 1 aromatic rings. The first kappa shape index (κ1) is 15.0. The zero-order chi connectivity index (χ0) is 14.4. The Morgan fingerprint density at radius 2 is 1.58 bits per heavy atom. The third-order valence-electron chi connectivity index (χ3n) is 2.71. The van der Waals surface area contributed by atoms with E-state index in [0.29, 0.717) is 22.8 Å². The van der Waals surface area contributed by atoms with Gasteiger partial charge in [0.05, 0.1) is 26.9 Å². The Bertz CT molecular complexity index is 479. The molecule has 19 heavy (non-hydrogen) atoms. The van der Waals surface area contributed by atoms with Crippen LogP contribution in [0.25, 0.3) is 0 Å². The molecule has 5 heteroatoms. The molecule has 0 spiro atoms. The Labute approximate surface area is 112 Å². The summed E-state index contributed by atoms with van der Waals surface area (Å²) in [5.41, 5.74) is 0.390. The SMILES string of the molecule is COc1ccc(C(=O)CCC(C)=O)c(OC)c1OC. The van der Waals surface area contributed by atoms with Crippen molar-refractivity contribution in [1.29, 1.82) is 0 Å². The third-order valence-corrected chi connectivity index (χ3v) is 2.71. The fourth-order valence-corrected chi connectivity index (χ4v) is 1.75. The molecule has 0 aliphatic heterocycles. The van der Waals surface area contributed by atoms with Crippen LogP contribution >= 0.6 is 0 Å². The van der Waals surface area contributed by atoms with Gasteiger partial charge in [-0.05, 0) is 19.1 Å². The van der Waals surface area contributed by atoms with E-state index in [2.05, 4.69) is 0 Å². The van der Waals surface area contributed by atoms with Gasteiger partial charge >= 0.3 is 0 Å². The minimum absolute atomic E-state index is 0.0206. The van der Waals surface area contributed by atoms with Gasteiger partial charge in [0.15, 0.2) is 17.3 Å². The van der Waals surface area contributed by atoms with Crippen LogP contribution in [0, 0.1) is 0 Å². The number of rotatable bonds is 7. The Morgan fingerprint density at radius 3 is 2.05 bits per heavy atom. The standard InChI is InChI=1S/C14H18O5/c1-9(15)5-7-11(16)10-6-8-12(17-2)14(19-4)13(10)18-3/h6,8H,5,7H2,1-4H3. The fourth-order valence-electron chi connectivity index (χ4n) is 1.75. The van der Waals surface area contributed by atoms with Gasteiger partial charge in [-0.3, -0.25) is 4.79 Å². The lowest BCUT2D eigenvalue weighted by Gasteiger charge is -2.14. The lowest BCUT2D eigenvalue weighted by atomic mass is 10.0. The largest absolute Gasteiger partial charge is 0.493 e. The quantitative estimate of drug-likeness (QED) is 0.708. The number of Topliss-reactive ketones (excluding diaryl/α,β-unsaturated/α-hetero) is 2. The summed E-state index contributed by atoms with van der Waals surface area (Å²) in [7, 11) is 4.44. The highest BCUT2D eigenvalue weighted by molar-refractivity contribution is 6.01. The molecule has 1 aromatic carbocycles. The Kier molecular flexibility index (Phi) is 5.36. The van der Waals surface area contributed by atoms with Gasteiger partial charge in [-0.25, -0.2) is 0 Å². The van der Waals surface area contributed by atoms with Gasteiger partial charge in [-0.2, -0.15) is 0 Å². The Balaban J connectivity index is 3.13. The van der Waals surface area contributed by atoms with Crippen molar-refractivity contribution in [1.82, 2.24) is 0 Å². The molecule has 0 unspecified atom stereocenters. The predicted octanol–water partition coefficient (Wildman–Crippen LogP) is 2.26. The molecular formula is C14H18O5. The summed E-state index contributed by atoms with van der Waals surface area (Å²) in [5, 5.41) is 0. The number of ketones is 2. The molecule has 0 bridgehead atoms. The average molecular weight is 266 g/mol. The summed E-state index contributed by atoms with van der Waals surface area (Å²) >= 11 is 0. The average Bonchev–Trinajstić information content (AvgIpc) is 2.42. The molecule has 0 fully saturated rings. The second-order valence-corrected chi connectivity index (χ2v) is 4.01. The second-order valence-electron chi connectivity index (χ2n) is 4.01. The lowest BCUT2D eigenvalue weighted by Crippen LogP contribution is -2.06. The second kappa shape index (κ2) is 6.78. The van der Waals surface area contributed by atoms with Crippen LogP contribution in [0.1, 0.15) is 30.1 Å². The number of ether oxygens (including phenoxy) is 3. The highest BCUT2D eigenvalue weighted by Crippen LogP contribution is 2.40. The molecule has 0 atom stereocenters. The van der Waals surface area contributed by atoms with Crippen molar-refractivity contribution in [3.8, 4) is 17.2 Å². The van der Waals surface area contributed by atoms with E-state index < -0.39 is 0 Å². The highest BCUT2D eigenvalue weighted by atomic mass is 16.5. The number of carbonyl (C=O) groups is 2. The van der Waals surface area contributed by atoms with E-state index in [1.54, 1.807) is 12.1 Å². The summed E-state index contributed by atoms with van der Waals surface area (Å²) in [6.07, 6.45) is 0.373. The van der Waals surface area contributed by atoms with Gasteiger partial charge in [0.2, 0.25) is 5.75 Å². The summed E-state index contributed by atoms with van der Waals surface area (Å²) in [4.78, 5) is 23.0. The molecule has 0 aliphatic rings. The first-order chi connectivity index (χ1) is 9.04. The molecule has 0 saturated heterocycles. The van der Waals surface area contributed by atoms with Gasteiger partial charge in [-0.15, -0.1) is 0 Å². The highest BCUT2D eigenvalue weighted by Gasteiger charge is 2.20. The molecule has 0 aliphatic carbocycles. The molecule has 0 radical (unpaired) electrons. The summed E-state index contributed by atoms with van der Waals surface area (Å²) in [6, 6.07) is 3.25. The predicted molar refractivity (Wildman–Crippen MR) is 70.3 cm³/mol. The maximum atomic E-state index is 12.1. The van der Waals surface area contributed by atoms with E-state index in [1.807, 2.05) is 0 Å². The maximum Gasteiger partial charge on any atom is 0.204 e. The van der Waals surface area contributed by atoms with Crippen LogP contribution in [0.2, 0.25) is 0 Å². The van der Waals surface area contributed by atoms with Gasteiger partial charge in [-0.1, -0.05) is 0 Å². The van der Waals surface area contributed by atoms with Crippen molar-refractivity contribution >= 4 is 11.6 Å². The minimum Gasteiger partial charge on any atom is -0.493 e. The smallest absolute Gasteiger partial charge is 0.204 e. The van der Waals surface area contributed by atoms with Gasteiger partial charge in [0.1, 0.15) is 5.78 Å². The van der Waals surface area contributed by atoms with E-state index in [-0.39, 0.29) is 24.4 Å². The Morgan fingerprint density at radius 1 is 0.947 bits per heavy atom. The number of carbonyl (C=O) groups excluding carboxylic acids is 2. The van der Waals surface area contributed by atoms with Crippen LogP contribution in [0.15, 0.2) is 12.1 Å². The van der Waals surface area contributed by atoms with Crippen LogP contribution in [0.5, 0.6) is 17.2 Å². The zero-order valence-electron chi connectivity index (χ0n) is 11.6. The number of benzene rings is 1. The summed E-state index contributed by atoms with van der Waals surface area (Å²) in [6.45, 7) is 1.46. The Hall–Kier alpha value is -2.04. The third kappa shape index (κ3) is 3.47. The molecule has 0 N–H and O–H groups in total. The zero-order valence-corrected chi connectivity index (χ0v) is 11.6. The first-order valence-corrected chi connectivity index (χ1v) is 5.86. The normalized spacial score (nSPS) is 9.89. The van der Waals surface area contributed by atoms with E-state index >= 15 is 0 Å². The molecular weight excluding hydrogens is 248 g/mol. The molecule has 0 amide bonds. The minimum atomic E-state index is -0.159. The van der Waals surface area contributed by atoms with E-state index in [1.165, 1.54) is 28.3 Å². The van der Waals surface area contributed by atoms with E-state index in [0.717, 1.165) is 0 Å². The van der Waals surface area contributed by atoms with Gasteiger partial charge in [0.25, 0.3) is 0 Å². The van der Waals surface area contributed by atoms with Crippen molar-refractivity contribution < 1.29 is 23.8 Å². The molecule has 1 rings (SSSR count). The van der Waals surface area contributed by atoms with Crippen LogP contribution < -0.4 is 14.2 Å².